The SMILES string of the molecule is N#Cc1ccc(S(=O)(=O)N2CCC(Nc3ncc(C(F)(F)F)cn3)CC2)cc1. The molecule has 0 bridgehead atoms. The Bertz CT molecular complexity index is 962. The standard InChI is InChI=1S/C17H16F3N5O2S/c18-17(19,20)13-10-22-16(23-11-13)24-14-5-7-25(8-6-14)28(26,27)15-3-1-12(9-21)2-4-15/h1-4,10-11,14H,5-8H2,(H,22,23,24). The molecule has 28 heavy (non-hydrogen) atoms. The van der Waals surface area contributed by atoms with Crippen LogP contribution in [0.4, 0.5) is 19.1 Å². The fourth-order valence-corrected chi connectivity index (χ4v) is 4.29. The third-order valence-corrected chi connectivity index (χ3v) is 6.30. The lowest BCUT2D eigenvalue weighted by Crippen LogP contribution is -2.42. The van der Waals surface area contributed by atoms with Crippen molar-refractivity contribution < 1.29 is 21.6 Å². The van der Waals surface area contributed by atoms with Gasteiger partial charge in [0.05, 0.1) is 22.1 Å². The second kappa shape index (κ2) is 7.73. The molecule has 0 atom stereocenters. The van der Waals surface area contributed by atoms with Gasteiger partial charge in [0.1, 0.15) is 0 Å². The Hall–Kier alpha value is -2.71. The number of aromatic nitrogens is 2. The second-order valence-electron chi connectivity index (χ2n) is 6.25. The molecule has 0 unspecified atom stereocenters. The zero-order chi connectivity index (χ0) is 20.4. The maximum absolute atomic E-state index is 12.7. The van der Waals surface area contributed by atoms with E-state index in [-0.39, 0.29) is 30.0 Å². The molecule has 2 heterocycles. The maximum atomic E-state index is 12.7. The van der Waals surface area contributed by atoms with Crippen LogP contribution in [0.3, 0.4) is 0 Å². The summed E-state index contributed by atoms with van der Waals surface area (Å²) in [5, 5.41) is 11.7. The normalized spacial score (nSPS) is 16.5. The predicted molar refractivity (Wildman–Crippen MR) is 93.6 cm³/mol. The Kier molecular flexibility index (Phi) is 5.53. The minimum atomic E-state index is -4.50. The summed E-state index contributed by atoms with van der Waals surface area (Å²) in [6.45, 7) is 0.501. The lowest BCUT2D eigenvalue weighted by Gasteiger charge is -2.31. The number of sulfonamides is 1. The van der Waals surface area contributed by atoms with E-state index in [1.807, 2.05) is 6.07 Å². The fourth-order valence-electron chi connectivity index (χ4n) is 2.82. The summed E-state index contributed by atoms with van der Waals surface area (Å²) in [5.41, 5.74) is -0.556. The Labute approximate surface area is 159 Å². The Balaban J connectivity index is 1.60. The number of nitrogens with zero attached hydrogens (tertiary/aromatic N) is 4. The van der Waals surface area contributed by atoms with E-state index in [2.05, 4.69) is 15.3 Å². The number of piperidine rings is 1. The van der Waals surface area contributed by atoms with Gasteiger partial charge in [-0.15, -0.1) is 0 Å². The molecule has 11 heteroatoms. The lowest BCUT2D eigenvalue weighted by molar-refractivity contribution is -0.138. The first-order chi connectivity index (χ1) is 13.2. The maximum Gasteiger partial charge on any atom is 0.419 e. The van der Waals surface area contributed by atoms with Gasteiger partial charge in [-0.3, -0.25) is 0 Å². The molecule has 0 radical (unpaired) electrons. The van der Waals surface area contributed by atoms with Gasteiger partial charge in [0.2, 0.25) is 16.0 Å². The van der Waals surface area contributed by atoms with Gasteiger partial charge in [0, 0.05) is 31.5 Å². The first kappa shape index (κ1) is 20.0. The van der Waals surface area contributed by atoms with Crippen molar-refractivity contribution in [1.29, 1.82) is 5.26 Å². The zero-order valence-corrected chi connectivity index (χ0v) is 15.3. The van der Waals surface area contributed by atoms with Crippen LogP contribution in [0.5, 0.6) is 0 Å². The van der Waals surface area contributed by atoms with Gasteiger partial charge in [-0.05, 0) is 37.1 Å². The third-order valence-electron chi connectivity index (χ3n) is 4.39. The van der Waals surface area contributed by atoms with Gasteiger partial charge in [0.15, 0.2) is 0 Å². The minimum Gasteiger partial charge on any atom is -0.351 e. The summed E-state index contributed by atoms with van der Waals surface area (Å²) in [6.07, 6.45) is -2.16. The highest BCUT2D eigenvalue weighted by Crippen LogP contribution is 2.28. The zero-order valence-electron chi connectivity index (χ0n) is 14.5. The van der Waals surface area contributed by atoms with Crippen LogP contribution in [0.25, 0.3) is 0 Å². The van der Waals surface area contributed by atoms with Crippen molar-refractivity contribution in [2.75, 3.05) is 18.4 Å². The number of hydrogen-bond donors (Lipinski definition) is 1. The van der Waals surface area contributed by atoms with E-state index in [4.69, 9.17) is 5.26 Å². The second-order valence-corrected chi connectivity index (χ2v) is 8.19. The van der Waals surface area contributed by atoms with E-state index in [0.717, 1.165) is 0 Å². The minimum absolute atomic E-state index is 0.0707. The summed E-state index contributed by atoms with van der Waals surface area (Å²) in [7, 11) is -3.67. The van der Waals surface area contributed by atoms with Crippen LogP contribution in [-0.2, 0) is 16.2 Å². The number of halogens is 3. The van der Waals surface area contributed by atoms with Gasteiger partial charge < -0.3 is 5.32 Å². The number of nitrogens with one attached hydrogen (secondary N) is 1. The third kappa shape index (κ3) is 4.40. The molecule has 148 valence electrons. The Morgan fingerprint density at radius 1 is 1.11 bits per heavy atom. The topological polar surface area (TPSA) is 99.0 Å². The first-order valence-corrected chi connectivity index (χ1v) is 9.80. The molecule has 1 N–H and O–H groups in total. The number of hydrogen-bond acceptors (Lipinski definition) is 6. The van der Waals surface area contributed by atoms with Crippen molar-refractivity contribution in [1.82, 2.24) is 14.3 Å². The molecule has 0 spiro atoms. The van der Waals surface area contributed by atoms with Crippen LogP contribution in [0, 0.1) is 11.3 Å². The van der Waals surface area contributed by atoms with Crippen molar-refractivity contribution >= 4 is 16.0 Å². The van der Waals surface area contributed by atoms with Crippen molar-refractivity contribution in [2.24, 2.45) is 0 Å². The van der Waals surface area contributed by atoms with Crippen LogP contribution in [-0.4, -0.2) is 41.8 Å². The summed E-state index contributed by atoms with van der Waals surface area (Å²) in [6, 6.07) is 7.48. The average molecular weight is 411 g/mol. The molecule has 1 saturated heterocycles. The molecule has 0 aliphatic carbocycles. The summed E-state index contributed by atoms with van der Waals surface area (Å²) < 4.78 is 64.3. The highest BCUT2D eigenvalue weighted by atomic mass is 32.2. The molecule has 0 saturated carbocycles. The van der Waals surface area contributed by atoms with E-state index >= 15 is 0 Å². The molecule has 7 nitrogen and oxygen atoms in total. The highest BCUT2D eigenvalue weighted by Gasteiger charge is 2.32. The van der Waals surface area contributed by atoms with Gasteiger partial charge >= 0.3 is 6.18 Å². The monoisotopic (exact) mass is 411 g/mol. The van der Waals surface area contributed by atoms with E-state index in [9.17, 15) is 21.6 Å². The first-order valence-electron chi connectivity index (χ1n) is 8.36. The highest BCUT2D eigenvalue weighted by molar-refractivity contribution is 7.89. The van der Waals surface area contributed by atoms with E-state index < -0.39 is 21.8 Å². The van der Waals surface area contributed by atoms with Gasteiger partial charge in [0.25, 0.3) is 0 Å². The van der Waals surface area contributed by atoms with E-state index in [1.54, 1.807) is 0 Å². The Morgan fingerprint density at radius 3 is 2.18 bits per heavy atom. The molecule has 3 rings (SSSR count). The van der Waals surface area contributed by atoms with Crippen LogP contribution < -0.4 is 5.32 Å². The molecule has 1 aliphatic heterocycles. The lowest BCUT2D eigenvalue weighted by atomic mass is 10.1. The summed E-state index contributed by atoms with van der Waals surface area (Å²) in [5.74, 6) is 0.0707. The molecule has 1 fully saturated rings. The van der Waals surface area contributed by atoms with Gasteiger partial charge in [-0.25, -0.2) is 18.4 Å². The average Bonchev–Trinajstić information content (AvgIpc) is 2.68. The summed E-state index contributed by atoms with van der Waals surface area (Å²) >= 11 is 0. The van der Waals surface area contributed by atoms with Crippen molar-refractivity contribution in [3.63, 3.8) is 0 Å². The quantitative estimate of drug-likeness (QED) is 0.831. The number of anilines is 1. The van der Waals surface area contributed by atoms with Crippen LogP contribution in [0.1, 0.15) is 24.0 Å². The summed E-state index contributed by atoms with van der Waals surface area (Å²) in [4.78, 5) is 7.46. The smallest absolute Gasteiger partial charge is 0.351 e. The van der Waals surface area contributed by atoms with Crippen molar-refractivity contribution in [3.05, 3.63) is 47.8 Å². The molecular formula is C17H16F3N5O2S. The van der Waals surface area contributed by atoms with Gasteiger partial charge in [-0.1, -0.05) is 0 Å². The van der Waals surface area contributed by atoms with Crippen molar-refractivity contribution in [3.8, 4) is 6.07 Å². The molecule has 1 aromatic heterocycles. The molecule has 2 aromatic rings. The van der Waals surface area contributed by atoms with Crippen molar-refractivity contribution in [2.45, 2.75) is 30.0 Å². The number of nitriles is 1. The van der Waals surface area contributed by atoms with E-state index in [0.29, 0.717) is 30.8 Å². The molecule has 1 aromatic carbocycles. The fraction of sp³-hybridized carbons (Fsp3) is 0.353. The van der Waals surface area contributed by atoms with E-state index in [1.165, 1.54) is 28.6 Å². The number of rotatable bonds is 4. The molecular weight excluding hydrogens is 395 g/mol. The van der Waals surface area contributed by atoms with Crippen LogP contribution in [0.15, 0.2) is 41.6 Å². The molecule has 1 aliphatic rings. The van der Waals surface area contributed by atoms with Gasteiger partial charge in [-0.2, -0.15) is 22.7 Å². The van der Waals surface area contributed by atoms with Crippen LogP contribution in [0.2, 0.25) is 0 Å². The predicted octanol–water partition coefficient (Wildman–Crippen LogP) is 2.63. The number of alkyl halides is 3. The van der Waals surface area contributed by atoms with Crippen LogP contribution >= 0.6 is 0 Å². The molecule has 0 amide bonds. The largest absolute Gasteiger partial charge is 0.419 e. The number of benzene rings is 1. The Morgan fingerprint density at radius 2 is 1.68 bits per heavy atom.